The van der Waals surface area contributed by atoms with E-state index in [1.54, 1.807) is 0 Å². The van der Waals surface area contributed by atoms with E-state index < -0.39 is 5.97 Å². The summed E-state index contributed by atoms with van der Waals surface area (Å²) in [4.78, 5) is 12.9. The Morgan fingerprint density at radius 1 is 1.57 bits per heavy atom. The molecule has 0 aromatic heterocycles. The molecule has 1 rings (SSSR count). The molecular weight excluding hydrogens is 182 g/mol. The Kier molecular flexibility index (Phi) is 4.35. The quantitative estimate of drug-likeness (QED) is 0.682. The van der Waals surface area contributed by atoms with Crippen LogP contribution in [0.2, 0.25) is 0 Å². The van der Waals surface area contributed by atoms with Crippen molar-refractivity contribution in [2.24, 2.45) is 5.92 Å². The van der Waals surface area contributed by atoms with Gasteiger partial charge in [0.05, 0.1) is 0 Å². The molecule has 2 N–H and O–H groups in total. The SMILES string of the molecule is CCCCN1CC(CO)CC1C(=O)O. The van der Waals surface area contributed by atoms with Crippen molar-refractivity contribution >= 4 is 5.97 Å². The zero-order valence-electron chi connectivity index (χ0n) is 8.65. The second-order valence-corrected chi connectivity index (χ2v) is 3.99. The van der Waals surface area contributed by atoms with Crippen LogP contribution < -0.4 is 0 Å². The fraction of sp³-hybridized carbons (Fsp3) is 0.900. The molecule has 4 nitrogen and oxygen atoms in total. The minimum atomic E-state index is -0.753. The van der Waals surface area contributed by atoms with Gasteiger partial charge in [0, 0.05) is 13.2 Å². The molecule has 4 heteroatoms. The van der Waals surface area contributed by atoms with Gasteiger partial charge in [0.1, 0.15) is 6.04 Å². The third-order valence-electron chi connectivity index (χ3n) is 2.83. The molecule has 0 aromatic rings. The van der Waals surface area contributed by atoms with E-state index in [-0.39, 0.29) is 18.6 Å². The Balaban J connectivity index is 2.48. The molecule has 1 aliphatic heterocycles. The predicted octanol–water partition coefficient (Wildman–Crippen LogP) is 0.554. The normalized spacial score (nSPS) is 28.1. The van der Waals surface area contributed by atoms with Gasteiger partial charge in [-0.3, -0.25) is 9.69 Å². The molecule has 2 atom stereocenters. The molecule has 0 spiro atoms. The van der Waals surface area contributed by atoms with Crippen molar-refractivity contribution in [3.8, 4) is 0 Å². The highest BCUT2D eigenvalue weighted by molar-refractivity contribution is 5.73. The first kappa shape index (κ1) is 11.5. The number of aliphatic hydroxyl groups is 1. The summed E-state index contributed by atoms with van der Waals surface area (Å²) in [5.74, 6) is -0.606. The Bertz CT molecular complexity index is 196. The van der Waals surface area contributed by atoms with Gasteiger partial charge in [0.25, 0.3) is 0 Å². The van der Waals surface area contributed by atoms with E-state index in [1.165, 1.54) is 0 Å². The summed E-state index contributed by atoms with van der Waals surface area (Å²) in [5, 5.41) is 18.0. The third kappa shape index (κ3) is 2.69. The number of carboxylic acids is 1. The van der Waals surface area contributed by atoms with Crippen molar-refractivity contribution < 1.29 is 15.0 Å². The number of aliphatic carboxylic acids is 1. The second kappa shape index (κ2) is 5.32. The lowest BCUT2D eigenvalue weighted by Gasteiger charge is -2.20. The predicted molar refractivity (Wildman–Crippen MR) is 53.1 cm³/mol. The first-order chi connectivity index (χ1) is 6.69. The molecule has 14 heavy (non-hydrogen) atoms. The smallest absolute Gasteiger partial charge is 0.320 e. The maximum Gasteiger partial charge on any atom is 0.320 e. The number of rotatable bonds is 5. The fourth-order valence-electron chi connectivity index (χ4n) is 2.00. The minimum Gasteiger partial charge on any atom is -0.480 e. The number of carbonyl (C=O) groups is 1. The number of aliphatic hydroxyl groups excluding tert-OH is 1. The largest absolute Gasteiger partial charge is 0.480 e. The maximum atomic E-state index is 10.9. The number of hydrogen-bond donors (Lipinski definition) is 2. The van der Waals surface area contributed by atoms with Gasteiger partial charge in [0.2, 0.25) is 0 Å². The van der Waals surface area contributed by atoms with Crippen LogP contribution in [0.25, 0.3) is 0 Å². The minimum absolute atomic E-state index is 0.104. The van der Waals surface area contributed by atoms with Crippen molar-refractivity contribution in [2.75, 3.05) is 19.7 Å². The van der Waals surface area contributed by atoms with Crippen LogP contribution in [0.5, 0.6) is 0 Å². The van der Waals surface area contributed by atoms with Gasteiger partial charge in [0.15, 0.2) is 0 Å². The van der Waals surface area contributed by atoms with E-state index in [2.05, 4.69) is 6.92 Å². The van der Waals surface area contributed by atoms with Crippen LogP contribution >= 0.6 is 0 Å². The summed E-state index contributed by atoms with van der Waals surface area (Å²) in [5.41, 5.74) is 0. The molecule has 0 saturated carbocycles. The Hall–Kier alpha value is -0.610. The molecule has 0 aromatic carbocycles. The number of carboxylic acid groups (broad SMARTS) is 1. The molecule has 0 aliphatic carbocycles. The maximum absolute atomic E-state index is 10.9. The summed E-state index contributed by atoms with van der Waals surface area (Å²) in [7, 11) is 0. The first-order valence-corrected chi connectivity index (χ1v) is 5.26. The molecule has 1 fully saturated rings. The first-order valence-electron chi connectivity index (χ1n) is 5.26. The molecule has 0 radical (unpaired) electrons. The van der Waals surface area contributed by atoms with Crippen LogP contribution in [0.1, 0.15) is 26.2 Å². The fourth-order valence-corrected chi connectivity index (χ4v) is 2.00. The lowest BCUT2D eigenvalue weighted by atomic mass is 10.1. The monoisotopic (exact) mass is 201 g/mol. The lowest BCUT2D eigenvalue weighted by molar-refractivity contribution is -0.142. The molecule has 0 amide bonds. The molecule has 1 aliphatic rings. The van der Waals surface area contributed by atoms with Crippen LogP contribution in [0, 0.1) is 5.92 Å². The van der Waals surface area contributed by atoms with Gasteiger partial charge in [-0.1, -0.05) is 13.3 Å². The highest BCUT2D eigenvalue weighted by atomic mass is 16.4. The van der Waals surface area contributed by atoms with Crippen LogP contribution in [0.15, 0.2) is 0 Å². The highest BCUT2D eigenvalue weighted by Gasteiger charge is 2.35. The van der Waals surface area contributed by atoms with Gasteiger partial charge >= 0.3 is 5.97 Å². The van der Waals surface area contributed by atoms with E-state index in [9.17, 15) is 4.79 Å². The second-order valence-electron chi connectivity index (χ2n) is 3.99. The van der Waals surface area contributed by atoms with Crippen molar-refractivity contribution in [2.45, 2.75) is 32.2 Å². The average Bonchev–Trinajstić information content (AvgIpc) is 2.58. The van der Waals surface area contributed by atoms with Crippen LogP contribution in [-0.2, 0) is 4.79 Å². The average molecular weight is 201 g/mol. The summed E-state index contributed by atoms with van der Waals surface area (Å²) in [6.45, 7) is 3.76. The standard InChI is InChI=1S/C10H19NO3/c1-2-3-4-11-6-8(7-12)5-9(11)10(13)14/h8-9,12H,2-7H2,1H3,(H,13,14). The summed E-state index contributed by atoms with van der Waals surface area (Å²) in [6.07, 6.45) is 2.70. The van der Waals surface area contributed by atoms with Crippen molar-refractivity contribution in [1.82, 2.24) is 4.90 Å². The Morgan fingerprint density at radius 2 is 2.29 bits per heavy atom. The summed E-state index contributed by atoms with van der Waals surface area (Å²) in [6, 6.07) is -0.376. The Labute approximate surface area is 84.5 Å². The third-order valence-corrected chi connectivity index (χ3v) is 2.83. The zero-order valence-corrected chi connectivity index (χ0v) is 8.65. The number of unbranched alkanes of at least 4 members (excludes halogenated alkanes) is 1. The molecule has 1 heterocycles. The van der Waals surface area contributed by atoms with E-state index in [1.807, 2.05) is 4.90 Å². The van der Waals surface area contributed by atoms with Crippen LogP contribution in [0.3, 0.4) is 0 Å². The van der Waals surface area contributed by atoms with Gasteiger partial charge in [-0.25, -0.2) is 0 Å². The molecular formula is C10H19NO3. The number of hydrogen-bond acceptors (Lipinski definition) is 3. The molecule has 82 valence electrons. The van der Waals surface area contributed by atoms with Gasteiger partial charge < -0.3 is 10.2 Å². The highest BCUT2D eigenvalue weighted by Crippen LogP contribution is 2.23. The van der Waals surface area contributed by atoms with E-state index in [0.29, 0.717) is 6.42 Å². The van der Waals surface area contributed by atoms with Crippen LogP contribution in [0.4, 0.5) is 0 Å². The van der Waals surface area contributed by atoms with E-state index in [4.69, 9.17) is 10.2 Å². The molecule has 0 bridgehead atoms. The van der Waals surface area contributed by atoms with Crippen molar-refractivity contribution in [3.63, 3.8) is 0 Å². The Morgan fingerprint density at radius 3 is 2.79 bits per heavy atom. The van der Waals surface area contributed by atoms with Crippen LogP contribution in [-0.4, -0.2) is 46.8 Å². The molecule has 2 unspecified atom stereocenters. The summed E-state index contributed by atoms with van der Waals surface area (Å²) < 4.78 is 0. The van der Waals surface area contributed by atoms with Gasteiger partial charge in [-0.2, -0.15) is 0 Å². The van der Waals surface area contributed by atoms with E-state index >= 15 is 0 Å². The van der Waals surface area contributed by atoms with E-state index in [0.717, 1.165) is 25.9 Å². The van der Waals surface area contributed by atoms with Crippen molar-refractivity contribution in [3.05, 3.63) is 0 Å². The van der Waals surface area contributed by atoms with Crippen molar-refractivity contribution in [1.29, 1.82) is 0 Å². The summed E-state index contributed by atoms with van der Waals surface area (Å²) >= 11 is 0. The van der Waals surface area contributed by atoms with Gasteiger partial charge in [-0.15, -0.1) is 0 Å². The molecule has 1 saturated heterocycles. The number of likely N-dealkylation sites (tertiary alicyclic amines) is 1. The van der Waals surface area contributed by atoms with Gasteiger partial charge in [-0.05, 0) is 25.3 Å². The lowest BCUT2D eigenvalue weighted by Crippen LogP contribution is -2.36. The zero-order chi connectivity index (χ0) is 10.6. The number of nitrogens with zero attached hydrogens (tertiary/aromatic N) is 1. The topological polar surface area (TPSA) is 60.8 Å².